The first-order valence-corrected chi connectivity index (χ1v) is 7.15. The number of hydrogen-bond donors (Lipinski definition) is 3. The average molecular weight is 289 g/mol. The van der Waals surface area contributed by atoms with Crippen LogP contribution < -0.4 is 16.0 Å². The zero-order valence-corrected chi connectivity index (χ0v) is 12.4. The Bertz CT molecular complexity index is 221. The number of hydrogen-bond acceptors (Lipinski definition) is 5. The highest BCUT2D eigenvalue weighted by molar-refractivity contribution is 4.73. The lowest BCUT2D eigenvalue weighted by atomic mass is 10.3. The van der Waals surface area contributed by atoms with Gasteiger partial charge in [-0.1, -0.05) is 0 Å². The summed E-state index contributed by atoms with van der Waals surface area (Å²) in [5, 5.41) is 19.0. The maximum atomic E-state index is 8.66. The van der Waals surface area contributed by atoms with Crippen molar-refractivity contribution in [2.24, 2.45) is 0 Å². The fourth-order valence-corrected chi connectivity index (χ4v) is 2.10. The van der Waals surface area contributed by atoms with Gasteiger partial charge in [-0.2, -0.15) is 5.26 Å². The number of nitrogens with one attached hydrogen (secondary N) is 3. The third-order valence-electron chi connectivity index (χ3n) is 3.16. The van der Waals surface area contributed by atoms with Crippen LogP contribution in [-0.2, 0) is 0 Å². The van der Waals surface area contributed by atoms with Gasteiger partial charge in [0.1, 0.15) is 0 Å². The molecule has 0 spiro atoms. The molecule has 7 N–H and O–H groups in total. The van der Waals surface area contributed by atoms with E-state index in [2.05, 4.69) is 26.9 Å². The molecule has 0 atom stereocenters. The van der Waals surface area contributed by atoms with Crippen LogP contribution in [0.5, 0.6) is 0 Å². The second kappa shape index (κ2) is 16.3. The zero-order valence-electron chi connectivity index (χ0n) is 12.4. The van der Waals surface area contributed by atoms with Gasteiger partial charge in [0.05, 0.1) is 6.07 Å². The lowest BCUT2D eigenvalue weighted by Gasteiger charge is -2.21. The molecule has 0 bridgehead atoms. The summed E-state index contributed by atoms with van der Waals surface area (Å²) in [6.45, 7) is 9.40. The molecule has 120 valence electrons. The summed E-state index contributed by atoms with van der Waals surface area (Å²) >= 11 is 0. The molecule has 20 heavy (non-hydrogen) atoms. The van der Waals surface area contributed by atoms with Crippen LogP contribution in [0.2, 0.25) is 0 Å². The Labute approximate surface area is 122 Å². The van der Waals surface area contributed by atoms with Crippen LogP contribution in [0.15, 0.2) is 0 Å². The summed E-state index contributed by atoms with van der Waals surface area (Å²) < 4.78 is 0. The van der Waals surface area contributed by atoms with E-state index in [-0.39, 0.29) is 11.0 Å². The van der Waals surface area contributed by atoms with Gasteiger partial charge in [-0.3, -0.25) is 0 Å². The van der Waals surface area contributed by atoms with Gasteiger partial charge in [0.25, 0.3) is 0 Å². The van der Waals surface area contributed by atoms with E-state index in [0.29, 0.717) is 6.42 Å². The molecule has 0 unspecified atom stereocenters. The molecular formula is C13H31N5O2. The van der Waals surface area contributed by atoms with Crippen LogP contribution in [0.4, 0.5) is 0 Å². The van der Waals surface area contributed by atoms with Crippen molar-refractivity contribution >= 4 is 0 Å². The Kier molecular flexibility index (Phi) is 17.6. The third kappa shape index (κ3) is 12.3. The minimum absolute atomic E-state index is 0. The minimum atomic E-state index is 0. The molecular weight excluding hydrogens is 258 g/mol. The Morgan fingerprint density at radius 3 is 2.05 bits per heavy atom. The van der Waals surface area contributed by atoms with Crippen molar-refractivity contribution in [2.45, 2.75) is 19.3 Å². The van der Waals surface area contributed by atoms with Crippen molar-refractivity contribution in [1.82, 2.24) is 20.9 Å². The van der Waals surface area contributed by atoms with Crippen LogP contribution in [-0.4, -0.2) is 74.8 Å². The smallest absolute Gasteiger partial charge is 0.0635 e. The van der Waals surface area contributed by atoms with Gasteiger partial charge in [-0.15, -0.1) is 0 Å². The summed E-state index contributed by atoms with van der Waals surface area (Å²) in [6, 6.07) is 2.23. The molecule has 0 radical (unpaired) electrons. The van der Waals surface area contributed by atoms with Crippen LogP contribution >= 0.6 is 0 Å². The maximum Gasteiger partial charge on any atom is 0.0635 e. The van der Waals surface area contributed by atoms with Gasteiger partial charge >= 0.3 is 0 Å². The number of nitrogens with zero attached hydrogens (tertiary/aromatic N) is 2. The predicted octanol–water partition coefficient (Wildman–Crippen LogP) is -1.88. The van der Waals surface area contributed by atoms with Crippen LogP contribution in [0, 0.1) is 11.3 Å². The third-order valence-corrected chi connectivity index (χ3v) is 3.16. The van der Waals surface area contributed by atoms with Crippen molar-refractivity contribution in [2.75, 3.05) is 58.9 Å². The van der Waals surface area contributed by atoms with Crippen molar-refractivity contribution < 1.29 is 11.0 Å². The van der Waals surface area contributed by atoms with Gasteiger partial charge in [-0.25, -0.2) is 0 Å². The second-order valence-corrected chi connectivity index (χ2v) is 4.71. The number of nitriles is 1. The highest BCUT2D eigenvalue weighted by atomic mass is 16.0. The lowest BCUT2D eigenvalue weighted by Crippen LogP contribution is -2.37. The van der Waals surface area contributed by atoms with E-state index in [0.717, 1.165) is 65.3 Å². The second-order valence-electron chi connectivity index (χ2n) is 4.71. The predicted molar refractivity (Wildman–Crippen MR) is 81.7 cm³/mol. The van der Waals surface area contributed by atoms with Gasteiger partial charge in [0, 0.05) is 39.1 Å². The monoisotopic (exact) mass is 289 g/mol. The fourth-order valence-electron chi connectivity index (χ4n) is 2.10. The molecule has 0 amide bonds. The van der Waals surface area contributed by atoms with E-state index in [1.807, 2.05) is 0 Å². The van der Waals surface area contributed by atoms with Crippen LogP contribution in [0.1, 0.15) is 19.3 Å². The SMILES string of the molecule is N#CCCN1CCCNCCNCCCNCC1.O.O. The first kappa shape index (κ1) is 21.5. The molecule has 0 saturated carbocycles. The standard InChI is InChI=1S/C13H27N5.2H2O/c14-4-1-11-18-12-3-7-16-9-8-15-5-2-6-17-10-13-18;;/h15-17H,1-3,5-13H2;2*1H2. The van der Waals surface area contributed by atoms with Gasteiger partial charge < -0.3 is 31.8 Å². The molecule has 1 fully saturated rings. The molecule has 0 aromatic carbocycles. The molecule has 1 aliphatic rings. The van der Waals surface area contributed by atoms with E-state index >= 15 is 0 Å². The van der Waals surface area contributed by atoms with Gasteiger partial charge in [0.15, 0.2) is 0 Å². The minimum Gasteiger partial charge on any atom is -0.412 e. The molecule has 1 saturated heterocycles. The van der Waals surface area contributed by atoms with Crippen LogP contribution in [0.3, 0.4) is 0 Å². The highest BCUT2D eigenvalue weighted by Gasteiger charge is 2.04. The summed E-state index contributed by atoms with van der Waals surface area (Å²) in [4.78, 5) is 2.39. The Morgan fingerprint density at radius 2 is 1.40 bits per heavy atom. The molecule has 0 aliphatic carbocycles. The van der Waals surface area contributed by atoms with E-state index in [9.17, 15) is 0 Å². The Balaban J connectivity index is 0. The normalized spacial score (nSPS) is 19.8. The topological polar surface area (TPSA) is 126 Å². The van der Waals surface area contributed by atoms with Gasteiger partial charge in [0.2, 0.25) is 0 Å². The molecule has 1 rings (SSSR count). The molecule has 7 nitrogen and oxygen atoms in total. The molecule has 0 aromatic heterocycles. The first-order valence-electron chi connectivity index (χ1n) is 7.15. The van der Waals surface area contributed by atoms with Crippen molar-refractivity contribution in [3.05, 3.63) is 0 Å². The van der Waals surface area contributed by atoms with E-state index in [1.165, 1.54) is 6.42 Å². The quantitative estimate of drug-likeness (QED) is 0.548. The summed E-state index contributed by atoms with van der Waals surface area (Å²) in [5.74, 6) is 0. The van der Waals surface area contributed by atoms with Crippen molar-refractivity contribution in [3.63, 3.8) is 0 Å². The molecule has 1 heterocycles. The Hall–Kier alpha value is -0.750. The highest BCUT2D eigenvalue weighted by Crippen LogP contribution is 1.93. The van der Waals surface area contributed by atoms with Crippen LogP contribution in [0.25, 0.3) is 0 Å². The van der Waals surface area contributed by atoms with E-state index in [1.54, 1.807) is 0 Å². The summed E-state index contributed by atoms with van der Waals surface area (Å²) in [5.41, 5.74) is 0. The molecule has 0 aromatic rings. The van der Waals surface area contributed by atoms with Gasteiger partial charge in [-0.05, 0) is 39.0 Å². The maximum absolute atomic E-state index is 8.66. The first-order chi connectivity index (χ1) is 8.93. The van der Waals surface area contributed by atoms with Crippen molar-refractivity contribution in [3.8, 4) is 6.07 Å². The fraction of sp³-hybridized carbons (Fsp3) is 0.923. The Morgan fingerprint density at radius 1 is 0.800 bits per heavy atom. The largest absolute Gasteiger partial charge is 0.412 e. The lowest BCUT2D eigenvalue weighted by molar-refractivity contribution is 0.273. The van der Waals surface area contributed by atoms with E-state index in [4.69, 9.17) is 5.26 Å². The van der Waals surface area contributed by atoms with Crippen molar-refractivity contribution in [1.29, 1.82) is 5.26 Å². The number of rotatable bonds is 2. The summed E-state index contributed by atoms with van der Waals surface area (Å²) in [6.07, 6.45) is 2.97. The molecule has 1 aliphatic heterocycles. The zero-order chi connectivity index (χ0) is 12.9. The summed E-state index contributed by atoms with van der Waals surface area (Å²) in [7, 11) is 0. The van der Waals surface area contributed by atoms with E-state index < -0.39 is 0 Å². The average Bonchev–Trinajstić information content (AvgIpc) is 2.39. The molecule has 7 heteroatoms.